The van der Waals surface area contributed by atoms with E-state index < -0.39 is 17.2 Å². The molecule has 1 atom stereocenters. The van der Waals surface area contributed by atoms with Crippen LogP contribution in [0.4, 0.5) is 13.2 Å². The van der Waals surface area contributed by atoms with Gasteiger partial charge in [0.05, 0.1) is 0 Å². The van der Waals surface area contributed by atoms with Gasteiger partial charge in [0.25, 0.3) is 0 Å². The van der Waals surface area contributed by atoms with Crippen molar-refractivity contribution >= 4 is 0 Å². The van der Waals surface area contributed by atoms with Crippen molar-refractivity contribution in [3.8, 4) is 0 Å². The van der Waals surface area contributed by atoms with Gasteiger partial charge in [-0.1, -0.05) is 24.3 Å². The Morgan fingerprint density at radius 2 is 1.74 bits per heavy atom. The van der Waals surface area contributed by atoms with E-state index in [1.807, 2.05) is 0 Å². The Morgan fingerprint density at radius 3 is 2.42 bits per heavy atom. The van der Waals surface area contributed by atoms with Crippen molar-refractivity contribution in [1.82, 2.24) is 0 Å². The molecule has 0 saturated heterocycles. The minimum atomic E-state index is -1.11. The van der Waals surface area contributed by atoms with E-state index in [0.717, 1.165) is 6.07 Å². The molecule has 4 heteroatoms. The maximum absolute atomic E-state index is 13.8. The van der Waals surface area contributed by atoms with Crippen LogP contribution in [0.3, 0.4) is 0 Å². The molecule has 1 unspecified atom stereocenters. The third-order valence-corrected chi connectivity index (χ3v) is 3.03. The summed E-state index contributed by atoms with van der Waals surface area (Å²) in [4.78, 5) is 0. The molecule has 0 spiro atoms. The van der Waals surface area contributed by atoms with Crippen molar-refractivity contribution in [2.24, 2.45) is 5.73 Å². The minimum Gasteiger partial charge on any atom is -0.321 e. The summed E-state index contributed by atoms with van der Waals surface area (Å²) in [6.07, 6.45) is 0.213. The first-order valence-corrected chi connectivity index (χ1v) is 5.88. The summed E-state index contributed by atoms with van der Waals surface area (Å²) in [6.45, 7) is 1.59. The van der Waals surface area contributed by atoms with Crippen molar-refractivity contribution in [3.05, 3.63) is 71.0 Å². The highest BCUT2D eigenvalue weighted by atomic mass is 19.2. The molecule has 0 aliphatic heterocycles. The second kappa shape index (κ2) is 5.05. The number of hydrogen-bond donors (Lipinski definition) is 1. The average molecular weight is 265 g/mol. The molecule has 100 valence electrons. The maximum atomic E-state index is 13.8. The third-order valence-electron chi connectivity index (χ3n) is 3.03. The Hall–Kier alpha value is -1.81. The average Bonchev–Trinajstić information content (AvgIpc) is 2.32. The Kier molecular flexibility index (Phi) is 3.62. The molecule has 0 fully saturated rings. The second-order valence-electron chi connectivity index (χ2n) is 4.83. The first-order valence-electron chi connectivity index (χ1n) is 5.88. The van der Waals surface area contributed by atoms with Gasteiger partial charge >= 0.3 is 0 Å². The normalized spacial score (nSPS) is 14.2. The van der Waals surface area contributed by atoms with Crippen molar-refractivity contribution in [2.45, 2.75) is 18.9 Å². The number of benzene rings is 2. The van der Waals surface area contributed by atoms with Crippen LogP contribution in [-0.2, 0) is 12.0 Å². The van der Waals surface area contributed by atoms with Crippen LogP contribution in [0.15, 0.2) is 42.5 Å². The molecule has 0 amide bonds. The van der Waals surface area contributed by atoms with Crippen LogP contribution in [0.2, 0.25) is 0 Å². The summed E-state index contributed by atoms with van der Waals surface area (Å²) in [5, 5.41) is 0. The molecule has 0 aliphatic rings. The molecule has 2 rings (SSSR count). The van der Waals surface area contributed by atoms with Crippen LogP contribution in [0.5, 0.6) is 0 Å². The predicted octanol–water partition coefficient (Wildman–Crippen LogP) is 3.52. The fraction of sp³-hybridized carbons (Fsp3) is 0.200. The smallest absolute Gasteiger partial charge is 0.163 e. The van der Waals surface area contributed by atoms with Gasteiger partial charge in [-0.25, -0.2) is 13.2 Å². The van der Waals surface area contributed by atoms with Crippen molar-refractivity contribution in [3.63, 3.8) is 0 Å². The predicted molar refractivity (Wildman–Crippen MR) is 68.0 cm³/mol. The lowest BCUT2D eigenvalue weighted by molar-refractivity contribution is 0.429. The van der Waals surface area contributed by atoms with Gasteiger partial charge in [-0.05, 0) is 37.1 Å². The van der Waals surface area contributed by atoms with Gasteiger partial charge < -0.3 is 5.73 Å². The Bertz CT molecular complexity index is 594. The van der Waals surface area contributed by atoms with Gasteiger partial charge in [0.15, 0.2) is 11.6 Å². The SMILES string of the molecule is CC(N)(Cc1cccc(F)c1)c1cccc(F)c1F. The van der Waals surface area contributed by atoms with Gasteiger partial charge in [-0.15, -0.1) is 0 Å². The number of halogens is 3. The zero-order valence-electron chi connectivity index (χ0n) is 10.5. The molecule has 0 heterocycles. The Labute approximate surface area is 109 Å². The molecule has 1 nitrogen and oxygen atoms in total. The monoisotopic (exact) mass is 265 g/mol. The van der Waals surface area contributed by atoms with Crippen LogP contribution >= 0.6 is 0 Å². The molecule has 2 aromatic rings. The minimum absolute atomic E-state index is 0.0803. The first kappa shape index (κ1) is 13.6. The lowest BCUT2D eigenvalue weighted by atomic mass is 9.86. The van der Waals surface area contributed by atoms with Crippen LogP contribution < -0.4 is 5.73 Å². The lowest BCUT2D eigenvalue weighted by Gasteiger charge is -2.26. The van der Waals surface area contributed by atoms with Gasteiger partial charge in [0.1, 0.15) is 5.82 Å². The van der Waals surface area contributed by atoms with E-state index in [4.69, 9.17) is 5.73 Å². The topological polar surface area (TPSA) is 26.0 Å². The highest BCUT2D eigenvalue weighted by Gasteiger charge is 2.26. The molecule has 2 aromatic carbocycles. The molecule has 0 radical (unpaired) electrons. The fourth-order valence-corrected chi connectivity index (χ4v) is 2.11. The molecule has 0 aromatic heterocycles. The van der Waals surface area contributed by atoms with Gasteiger partial charge in [0, 0.05) is 11.1 Å². The van der Waals surface area contributed by atoms with Gasteiger partial charge in [0.2, 0.25) is 0 Å². The maximum Gasteiger partial charge on any atom is 0.163 e. The zero-order valence-corrected chi connectivity index (χ0v) is 10.5. The Morgan fingerprint density at radius 1 is 1.05 bits per heavy atom. The van der Waals surface area contributed by atoms with Crippen molar-refractivity contribution in [1.29, 1.82) is 0 Å². The van der Waals surface area contributed by atoms with E-state index in [-0.39, 0.29) is 17.8 Å². The van der Waals surface area contributed by atoms with Crippen LogP contribution in [-0.4, -0.2) is 0 Å². The summed E-state index contributed by atoms with van der Waals surface area (Å²) < 4.78 is 40.1. The molecule has 19 heavy (non-hydrogen) atoms. The first-order chi connectivity index (χ1) is 8.90. The van der Waals surface area contributed by atoms with Crippen molar-refractivity contribution < 1.29 is 13.2 Å². The molecular weight excluding hydrogens is 251 g/mol. The fourth-order valence-electron chi connectivity index (χ4n) is 2.11. The summed E-state index contributed by atoms with van der Waals surface area (Å²) >= 11 is 0. The number of nitrogens with two attached hydrogens (primary N) is 1. The van der Waals surface area contributed by atoms with E-state index in [1.165, 1.54) is 24.3 Å². The molecule has 0 saturated carbocycles. The molecule has 0 aliphatic carbocycles. The standard InChI is InChI=1S/C15H14F3N/c1-15(19,9-10-4-2-5-11(16)8-10)12-6-3-7-13(17)14(12)18/h2-8H,9,19H2,1H3. The third kappa shape index (κ3) is 2.96. The Balaban J connectivity index is 2.34. The molecule has 2 N–H and O–H groups in total. The summed E-state index contributed by atoms with van der Waals surface area (Å²) in [5.41, 5.74) is 5.66. The van der Waals surface area contributed by atoms with E-state index in [2.05, 4.69) is 0 Å². The van der Waals surface area contributed by atoms with E-state index in [1.54, 1.807) is 19.1 Å². The van der Waals surface area contributed by atoms with E-state index >= 15 is 0 Å². The van der Waals surface area contributed by atoms with E-state index in [9.17, 15) is 13.2 Å². The molecular formula is C15H14F3N. The summed E-state index contributed by atoms with van der Waals surface area (Å²) in [5.74, 6) is -2.27. The van der Waals surface area contributed by atoms with Crippen LogP contribution in [0.25, 0.3) is 0 Å². The van der Waals surface area contributed by atoms with Crippen molar-refractivity contribution in [2.75, 3.05) is 0 Å². The zero-order chi connectivity index (χ0) is 14.0. The van der Waals surface area contributed by atoms with E-state index in [0.29, 0.717) is 5.56 Å². The highest BCUT2D eigenvalue weighted by Crippen LogP contribution is 2.26. The van der Waals surface area contributed by atoms with Gasteiger partial charge in [-0.3, -0.25) is 0 Å². The second-order valence-corrected chi connectivity index (χ2v) is 4.83. The lowest BCUT2D eigenvalue weighted by Crippen LogP contribution is -2.36. The summed E-state index contributed by atoms with van der Waals surface area (Å²) in [6, 6.07) is 9.80. The van der Waals surface area contributed by atoms with Gasteiger partial charge in [-0.2, -0.15) is 0 Å². The molecule has 0 bridgehead atoms. The largest absolute Gasteiger partial charge is 0.321 e. The van der Waals surface area contributed by atoms with Crippen LogP contribution in [0, 0.1) is 17.5 Å². The number of hydrogen-bond acceptors (Lipinski definition) is 1. The van der Waals surface area contributed by atoms with Crippen LogP contribution in [0.1, 0.15) is 18.1 Å². The highest BCUT2D eigenvalue weighted by molar-refractivity contribution is 5.29. The summed E-state index contributed by atoms with van der Waals surface area (Å²) in [7, 11) is 0. The quantitative estimate of drug-likeness (QED) is 0.902. The number of rotatable bonds is 3.